The van der Waals surface area contributed by atoms with Gasteiger partial charge in [-0.05, 0) is 73.6 Å². The molecule has 5 aliphatic rings. The van der Waals surface area contributed by atoms with Crippen molar-refractivity contribution in [3.8, 4) is 0 Å². The first kappa shape index (κ1) is 15.4. The molecule has 0 spiro atoms. The number of rotatable bonds is 2. The summed E-state index contributed by atoms with van der Waals surface area (Å²) in [4.78, 5) is 1.29. The van der Waals surface area contributed by atoms with Crippen LogP contribution in [0.2, 0.25) is 0 Å². The van der Waals surface area contributed by atoms with Crippen molar-refractivity contribution in [1.82, 2.24) is 10.6 Å². The summed E-state index contributed by atoms with van der Waals surface area (Å²) in [5.74, 6) is 1.73. The summed E-state index contributed by atoms with van der Waals surface area (Å²) in [5.41, 5.74) is 0.900. The van der Waals surface area contributed by atoms with Gasteiger partial charge in [0, 0.05) is 42.1 Å². The molecule has 0 aromatic heterocycles. The smallest absolute Gasteiger partial charge is 0.153 e. The molecule has 29 heavy (non-hydrogen) atoms. The molecule has 4 heteroatoms. The van der Waals surface area contributed by atoms with Crippen molar-refractivity contribution in [3.63, 3.8) is 0 Å². The van der Waals surface area contributed by atoms with Crippen LogP contribution >= 0.6 is 11.8 Å². The molecule has 1 aliphatic carbocycles. The Bertz CT molecular complexity index is 880. The Balaban J connectivity index is 1.40. The molecule has 4 aliphatic heterocycles. The zero-order chi connectivity index (χ0) is 24.6. The Hall–Kier alpha value is -0.450. The van der Waals surface area contributed by atoms with Crippen LogP contribution in [-0.2, 0) is 4.74 Å². The summed E-state index contributed by atoms with van der Waals surface area (Å²) >= 11 is 1.84. The number of nitrogens with one attached hydrogen (secondary N) is 2. The van der Waals surface area contributed by atoms with Gasteiger partial charge in [-0.3, -0.25) is 5.32 Å². The fourth-order valence-corrected chi connectivity index (χ4v) is 7.50. The van der Waals surface area contributed by atoms with Gasteiger partial charge in [-0.15, -0.1) is 11.8 Å². The fraction of sp³-hybridized carbons (Fsp3) is 0.840. The number of allylic oxidation sites excluding steroid dienone is 1. The van der Waals surface area contributed by atoms with Gasteiger partial charge in [0.2, 0.25) is 0 Å². The largest absolute Gasteiger partial charge is 0.479 e. The lowest BCUT2D eigenvalue weighted by Gasteiger charge is -2.37. The number of piperidine rings is 1. The van der Waals surface area contributed by atoms with Crippen LogP contribution in [0, 0.1) is 23.2 Å². The minimum atomic E-state index is -2.00. The van der Waals surface area contributed by atoms with Gasteiger partial charge in [-0.25, -0.2) is 0 Å². The Kier molecular flexibility index (Phi) is 4.03. The first-order chi connectivity index (χ1) is 15.8. The minimum absolute atomic E-state index is 0.0307. The Labute approximate surface area is 188 Å². The predicted octanol–water partition coefficient (Wildman–Crippen LogP) is 5.59. The molecular weight excluding hydrogens is 376 g/mol. The summed E-state index contributed by atoms with van der Waals surface area (Å²) in [6.07, 6.45) is 6.57. The van der Waals surface area contributed by atoms with E-state index in [9.17, 15) is 0 Å². The average Bonchev–Trinajstić information content (AvgIpc) is 3.27. The van der Waals surface area contributed by atoms with E-state index in [2.05, 4.69) is 23.6 Å². The second-order valence-corrected chi connectivity index (χ2v) is 12.1. The van der Waals surface area contributed by atoms with Crippen LogP contribution in [-0.4, -0.2) is 29.6 Å². The van der Waals surface area contributed by atoms with E-state index >= 15 is 0 Å². The maximum absolute atomic E-state index is 9.03. The van der Waals surface area contributed by atoms with Crippen molar-refractivity contribution in [2.24, 2.45) is 23.2 Å². The normalized spacial score (nSPS) is 48.1. The molecule has 0 radical (unpaired) electrons. The number of ether oxygens (including phenoxy) is 1. The Morgan fingerprint density at radius 1 is 1.28 bits per heavy atom. The van der Waals surface area contributed by atoms with Gasteiger partial charge in [0.1, 0.15) is 5.76 Å². The monoisotopic (exact) mass is 421 g/mol. The van der Waals surface area contributed by atoms with Crippen molar-refractivity contribution in [3.05, 3.63) is 22.3 Å². The van der Waals surface area contributed by atoms with Crippen LogP contribution in [0.25, 0.3) is 0 Å². The van der Waals surface area contributed by atoms with Crippen LogP contribution in [0.5, 0.6) is 0 Å². The highest BCUT2D eigenvalue weighted by Crippen LogP contribution is 2.51. The number of hydrogen-bond donors (Lipinski definition) is 2. The Morgan fingerprint density at radius 2 is 2.14 bits per heavy atom. The third-order valence-corrected chi connectivity index (χ3v) is 8.74. The summed E-state index contributed by atoms with van der Waals surface area (Å²) in [5, 5.41) is 7.43. The Morgan fingerprint density at radius 3 is 2.93 bits per heavy atom. The van der Waals surface area contributed by atoms with Gasteiger partial charge < -0.3 is 10.1 Å². The third kappa shape index (κ3) is 3.83. The quantitative estimate of drug-likeness (QED) is 0.609. The van der Waals surface area contributed by atoms with Crippen molar-refractivity contribution in [2.75, 3.05) is 0 Å². The highest BCUT2D eigenvalue weighted by molar-refractivity contribution is 8.04. The summed E-state index contributed by atoms with van der Waals surface area (Å²) in [7, 11) is 0. The van der Waals surface area contributed by atoms with E-state index in [4.69, 9.17) is 11.6 Å². The molecule has 3 saturated heterocycles. The topological polar surface area (TPSA) is 33.3 Å². The zero-order valence-corrected chi connectivity index (χ0v) is 19.1. The van der Waals surface area contributed by atoms with Crippen molar-refractivity contribution < 1.29 is 11.6 Å². The van der Waals surface area contributed by atoms with Gasteiger partial charge in [0.15, 0.2) is 6.23 Å². The second-order valence-electron chi connectivity index (χ2n) is 10.7. The number of thioether (sulfide) groups is 1. The molecule has 3 fully saturated rings. The molecule has 162 valence electrons. The lowest BCUT2D eigenvalue weighted by Crippen LogP contribution is -2.47. The van der Waals surface area contributed by atoms with Gasteiger partial charge in [0.05, 0.1) is 0 Å². The lowest BCUT2D eigenvalue weighted by molar-refractivity contribution is 0.0574. The standard InChI is InChI=1S/C25H40N2OS/c1-14-9-10-17-16-7-6-8-18(23(16)28-24(17)26-14)20-11-12-21-22(27-20)19(15(2)29-21)13-25(3,4)5/h12,14-17,19-20,22,24,26-27H,6-11,13H2,1-5H3/t14-,15?,16+,17?,19-,20-,22?,24+/m1/s1/i1D3,13D2. The molecule has 3 nitrogen and oxygen atoms in total. The minimum Gasteiger partial charge on any atom is -0.479 e. The highest BCUT2D eigenvalue weighted by atomic mass is 32.2. The van der Waals surface area contributed by atoms with Crippen molar-refractivity contribution >= 4 is 11.8 Å². The SMILES string of the molecule is [2H]C([2H])([2H])[C@@H]1CCC2[C@@H]3CCCC([C@H]4CC=C5SC(C)[C@@H](C([2H])([2H])C(C)(C)C)C5N4)=C3O[C@@H]2N1. The predicted molar refractivity (Wildman–Crippen MR) is 123 cm³/mol. The van der Waals surface area contributed by atoms with E-state index in [0.29, 0.717) is 18.3 Å². The number of fused-ring (bicyclic) bond motifs is 4. The van der Waals surface area contributed by atoms with Gasteiger partial charge in [-0.2, -0.15) is 0 Å². The molecule has 3 unspecified atom stereocenters. The molecule has 4 heterocycles. The van der Waals surface area contributed by atoms with Crippen LogP contribution in [0.1, 0.15) is 86.3 Å². The second kappa shape index (κ2) is 7.60. The van der Waals surface area contributed by atoms with E-state index in [1.807, 2.05) is 32.5 Å². The van der Waals surface area contributed by atoms with Gasteiger partial charge in [-0.1, -0.05) is 33.8 Å². The highest BCUT2D eigenvalue weighted by Gasteiger charge is 2.48. The lowest BCUT2D eigenvalue weighted by atomic mass is 9.75. The summed E-state index contributed by atoms with van der Waals surface area (Å²) < 4.78 is 48.1. The van der Waals surface area contributed by atoms with Crippen LogP contribution in [0.4, 0.5) is 0 Å². The maximum Gasteiger partial charge on any atom is 0.153 e. The van der Waals surface area contributed by atoms with E-state index in [1.165, 1.54) is 10.5 Å². The first-order valence-electron chi connectivity index (χ1n) is 14.1. The van der Waals surface area contributed by atoms with Gasteiger partial charge >= 0.3 is 0 Å². The first-order valence-corrected chi connectivity index (χ1v) is 12.5. The van der Waals surface area contributed by atoms with Crippen LogP contribution < -0.4 is 10.6 Å². The average molecular weight is 422 g/mol. The molecule has 8 atom stereocenters. The molecule has 5 rings (SSSR count). The van der Waals surface area contributed by atoms with Gasteiger partial charge in [0.25, 0.3) is 0 Å². The molecule has 2 N–H and O–H groups in total. The number of hydrogen-bond acceptors (Lipinski definition) is 4. The molecule has 0 bridgehead atoms. The van der Waals surface area contributed by atoms with E-state index in [0.717, 1.165) is 37.9 Å². The molecule has 0 aromatic carbocycles. The third-order valence-electron chi connectivity index (χ3n) is 7.38. The fourth-order valence-electron chi connectivity index (χ4n) is 6.14. The van der Waals surface area contributed by atoms with Crippen molar-refractivity contribution in [2.45, 2.75) is 109 Å². The molecule has 0 saturated carbocycles. The molecule has 0 aromatic rings. The summed E-state index contributed by atoms with van der Waals surface area (Å²) in [6, 6.07) is -0.300. The summed E-state index contributed by atoms with van der Waals surface area (Å²) in [6.45, 7) is 6.21. The van der Waals surface area contributed by atoms with E-state index in [1.54, 1.807) is 0 Å². The van der Waals surface area contributed by atoms with Crippen molar-refractivity contribution in [1.29, 1.82) is 0 Å². The van der Waals surface area contributed by atoms with E-state index in [-0.39, 0.29) is 29.5 Å². The van der Waals surface area contributed by atoms with Crippen LogP contribution in [0.15, 0.2) is 22.3 Å². The molecule has 0 amide bonds. The zero-order valence-electron chi connectivity index (χ0n) is 23.3. The van der Waals surface area contributed by atoms with Crippen LogP contribution in [0.3, 0.4) is 0 Å². The molecular formula is C25H40N2OS. The van der Waals surface area contributed by atoms with E-state index < -0.39 is 24.7 Å². The maximum atomic E-state index is 9.03.